The van der Waals surface area contributed by atoms with Crippen molar-refractivity contribution in [3.63, 3.8) is 0 Å². The molecular formula is C21H16Br2N4O2. The Labute approximate surface area is 183 Å². The predicted molar refractivity (Wildman–Crippen MR) is 122 cm³/mol. The smallest absolute Gasteiger partial charge is 0.280 e. The van der Waals surface area contributed by atoms with Crippen molar-refractivity contribution in [2.75, 3.05) is 5.01 Å². The topological polar surface area (TPSA) is 70.5 Å². The van der Waals surface area contributed by atoms with Crippen molar-refractivity contribution < 1.29 is 4.79 Å². The Morgan fingerprint density at radius 1 is 0.966 bits per heavy atom. The highest BCUT2D eigenvalue weighted by Gasteiger charge is 2.29. The summed E-state index contributed by atoms with van der Waals surface area (Å²) in [5.41, 5.74) is 3.19. The second-order valence-corrected chi connectivity index (χ2v) is 8.44. The molecular weight excluding hydrogens is 500 g/mol. The van der Waals surface area contributed by atoms with Crippen molar-refractivity contribution in [3.05, 3.63) is 84.7 Å². The van der Waals surface area contributed by atoms with Gasteiger partial charge in [0, 0.05) is 14.6 Å². The van der Waals surface area contributed by atoms with Crippen molar-refractivity contribution in [2.45, 2.75) is 13.8 Å². The van der Waals surface area contributed by atoms with Crippen molar-refractivity contribution >= 4 is 55.2 Å². The first-order valence-electron chi connectivity index (χ1n) is 8.80. The molecule has 4 rings (SSSR count). The van der Waals surface area contributed by atoms with Crippen LogP contribution in [0.2, 0.25) is 0 Å². The molecule has 6 nitrogen and oxygen atoms in total. The number of aromatic nitrogens is 2. The van der Waals surface area contributed by atoms with Crippen LogP contribution < -0.4 is 10.6 Å². The molecule has 1 N–H and O–H groups in total. The van der Waals surface area contributed by atoms with E-state index in [9.17, 15) is 9.59 Å². The van der Waals surface area contributed by atoms with Crippen molar-refractivity contribution in [2.24, 2.45) is 5.10 Å². The van der Waals surface area contributed by atoms with E-state index in [1.807, 2.05) is 48.5 Å². The summed E-state index contributed by atoms with van der Waals surface area (Å²) in [6, 6.07) is 14.8. The quantitative estimate of drug-likeness (QED) is 0.509. The van der Waals surface area contributed by atoms with Crippen LogP contribution in [0.3, 0.4) is 0 Å². The van der Waals surface area contributed by atoms with Gasteiger partial charge in [-0.3, -0.25) is 14.7 Å². The van der Waals surface area contributed by atoms with Gasteiger partial charge in [0.25, 0.3) is 11.5 Å². The van der Waals surface area contributed by atoms with E-state index in [0.717, 1.165) is 8.95 Å². The third-order valence-corrected chi connectivity index (χ3v) is 5.57. The standard InChI is InChI=1S/C21H16Br2N4O2/c1-12-18(20(28)26(24-12)16-7-3-5-14(22)9-16)11-19-13(2)25-27(21(19)29)17-8-4-6-15(23)10-17/h3-11,24H,1-2H3/b19-11+. The van der Waals surface area contributed by atoms with Crippen molar-refractivity contribution in [3.8, 4) is 5.69 Å². The average Bonchev–Trinajstić information content (AvgIpc) is 3.13. The minimum Gasteiger partial charge on any atom is -0.295 e. The highest BCUT2D eigenvalue weighted by Crippen LogP contribution is 2.27. The van der Waals surface area contributed by atoms with E-state index >= 15 is 0 Å². The summed E-state index contributed by atoms with van der Waals surface area (Å²) >= 11 is 6.83. The fourth-order valence-electron chi connectivity index (χ4n) is 3.14. The molecule has 0 saturated carbocycles. The summed E-state index contributed by atoms with van der Waals surface area (Å²) in [6.07, 6.45) is 1.61. The average molecular weight is 516 g/mol. The first-order valence-corrected chi connectivity index (χ1v) is 10.4. The molecule has 3 aromatic rings. The van der Waals surface area contributed by atoms with Crippen LogP contribution in [0.25, 0.3) is 11.8 Å². The van der Waals surface area contributed by atoms with Crippen molar-refractivity contribution in [1.82, 2.24) is 9.78 Å². The van der Waals surface area contributed by atoms with Crippen LogP contribution >= 0.6 is 31.9 Å². The van der Waals surface area contributed by atoms with Gasteiger partial charge in [0.2, 0.25) is 0 Å². The van der Waals surface area contributed by atoms with Crippen LogP contribution in [0.4, 0.5) is 5.69 Å². The molecule has 0 fully saturated rings. The van der Waals surface area contributed by atoms with E-state index in [1.165, 1.54) is 9.69 Å². The zero-order chi connectivity index (χ0) is 20.7. The van der Waals surface area contributed by atoms with E-state index in [1.54, 1.807) is 19.9 Å². The summed E-state index contributed by atoms with van der Waals surface area (Å²) in [7, 11) is 0. The molecule has 1 amide bonds. The van der Waals surface area contributed by atoms with Gasteiger partial charge in [-0.05, 0) is 56.3 Å². The SMILES string of the molecule is CC1=NN(c2cccc(Br)c2)C(=O)/C1=C/c1c(C)[nH]n(-c2cccc(Br)c2)c1=O. The van der Waals surface area contributed by atoms with Crippen LogP contribution in [0.1, 0.15) is 18.2 Å². The van der Waals surface area contributed by atoms with Crippen LogP contribution in [0.5, 0.6) is 0 Å². The number of benzene rings is 2. The Hall–Kier alpha value is -2.71. The molecule has 2 aromatic carbocycles. The van der Waals surface area contributed by atoms with Gasteiger partial charge in [-0.25, -0.2) is 4.68 Å². The zero-order valence-corrected chi connectivity index (χ0v) is 18.8. The normalized spacial score (nSPS) is 15.3. The van der Waals surface area contributed by atoms with E-state index in [-0.39, 0.29) is 11.5 Å². The monoisotopic (exact) mass is 514 g/mol. The molecule has 0 bridgehead atoms. The molecule has 1 aliphatic heterocycles. The molecule has 0 radical (unpaired) electrons. The second-order valence-electron chi connectivity index (χ2n) is 6.61. The first kappa shape index (κ1) is 19.6. The van der Waals surface area contributed by atoms with Gasteiger partial charge in [0.1, 0.15) is 0 Å². The summed E-state index contributed by atoms with van der Waals surface area (Å²) in [5.74, 6) is -0.269. The first-order chi connectivity index (χ1) is 13.8. The number of nitrogens with zero attached hydrogens (tertiary/aromatic N) is 3. The van der Waals surface area contributed by atoms with Crippen LogP contribution in [-0.2, 0) is 4.79 Å². The number of hydrazone groups is 1. The number of nitrogens with one attached hydrogen (secondary N) is 1. The maximum absolute atomic E-state index is 13.0. The fourth-order valence-corrected chi connectivity index (χ4v) is 3.91. The van der Waals surface area contributed by atoms with Crippen molar-refractivity contribution in [1.29, 1.82) is 0 Å². The van der Waals surface area contributed by atoms with Gasteiger partial charge in [-0.2, -0.15) is 10.1 Å². The number of aromatic amines is 1. The number of carbonyl (C=O) groups excluding carboxylic acids is 1. The minimum absolute atomic E-state index is 0.227. The summed E-state index contributed by atoms with van der Waals surface area (Å²) in [4.78, 5) is 26.0. The lowest BCUT2D eigenvalue weighted by Gasteiger charge is -2.11. The molecule has 146 valence electrons. The number of halogens is 2. The van der Waals surface area contributed by atoms with Gasteiger partial charge in [-0.15, -0.1) is 0 Å². The Kier molecular flexibility index (Phi) is 5.14. The summed E-state index contributed by atoms with van der Waals surface area (Å²) in [5, 5.41) is 8.81. The third-order valence-electron chi connectivity index (χ3n) is 4.59. The van der Waals surface area contributed by atoms with Gasteiger partial charge >= 0.3 is 0 Å². The molecule has 2 heterocycles. The Bertz CT molecular complexity index is 1250. The van der Waals surface area contributed by atoms with Gasteiger partial charge in [-0.1, -0.05) is 44.0 Å². The largest absolute Gasteiger partial charge is 0.295 e. The van der Waals surface area contributed by atoms with E-state index in [0.29, 0.717) is 33.9 Å². The molecule has 0 unspecified atom stereocenters. The number of rotatable bonds is 3. The highest BCUT2D eigenvalue weighted by atomic mass is 79.9. The maximum Gasteiger partial charge on any atom is 0.280 e. The Morgan fingerprint density at radius 2 is 1.59 bits per heavy atom. The number of anilines is 1. The van der Waals surface area contributed by atoms with E-state index < -0.39 is 0 Å². The van der Waals surface area contributed by atoms with Crippen LogP contribution in [-0.4, -0.2) is 21.4 Å². The third kappa shape index (κ3) is 3.65. The molecule has 0 atom stereocenters. The van der Waals surface area contributed by atoms with Gasteiger partial charge in [0.05, 0.1) is 28.2 Å². The lowest BCUT2D eigenvalue weighted by molar-refractivity contribution is -0.114. The second kappa shape index (κ2) is 7.61. The van der Waals surface area contributed by atoms with Crippen LogP contribution in [0.15, 0.2) is 72.9 Å². The number of hydrogen-bond acceptors (Lipinski definition) is 3. The number of carbonyl (C=O) groups is 1. The minimum atomic E-state index is -0.269. The Morgan fingerprint density at radius 3 is 2.24 bits per heavy atom. The molecule has 0 aliphatic carbocycles. The number of aryl methyl sites for hydroxylation is 1. The summed E-state index contributed by atoms with van der Waals surface area (Å²) < 4.78 is 3.18. The van der Waals surface area contributed by atoms with Crippen LogP contribution in [0, 0.1) is 6.92 Å². The number of amides is 1. The van der Waals surface area contributed by atoms with Gasteiger partial charge < -0.3 is 0 Å². The molecule has 0 spiro atoms. The molecule has 8 heteroatoms. The van der Waals surface area contributed by atoms with E-state index in [4.69, 9.17) is 0 Å². The number of H-pyrrole nitrogens is 1. The lowest BCUT2D eigenvalue weighted by atomic mass is 10.1. The summed E-state index contributed by atoms with van der Waals surface area (Å²) in [6.45, 7) is 3.57. The number of hydrogen-bond donors (Lipinski definition) is 1. The molecule has 1 aliphatic rings. The Balaban J connectivity index is 1.75. The molecule has 1 aromatic heterocycles. The molecule has 29 heavy (non-hydrogen) atoms. The highest BCUT2D eigenvalue weighted by molar-refractivity contribution is 9.10. The molecule has 0 saturated heterocycles. The predicted octanol–water partition coefficient (Wildman–Crippen LogP) is 4.81. The van der Waals surface area contributed by atoms with Gasteiger partial charge in [0.15, 0.2) is 0 Å². The lowest BCUT2D eigenvalue weighted by Crippen LogP contribution is -2.22. The maximum atomic E-state index is 13.0. The van der Waals surface area contributed by atoms with E-state index in [2.05, 4.69) is 42.1 Å². The fraction of sp³-hybridized carbons (Fsp3) is 0.0952. The zero-order valence-electron chi connectivity index (χ0n) is 15.6.